The zero-order chi connectivity index (χ0) is 23.5. The number of amides is 1. The van der Waals surface area contributed by atoms with Gasteiger partial charge in [0.15, 0.2) is 6.61 Å². The molecule has 1 unspecified atom stereocenters. The number of nitrogens with one attached hydrogen (secondary N) is 2. The summed E-state index contributed by atoms with van der Waals surface area (Å²) in [5.41, 5.74) is 3.66. The largest absolute Gasteiger partial charge is 0.484 e. The quantitative estimate of drug-likeness (QED) is 0.355. The van der Waals surface area contributed by atoms with E-state index in [0.717, 1.165) is 27.5 Å². The number of aromatic nitrogens is 2. The Balaban J connectivity index is 1.33. The van der Waals surface area contributed by atoms with Crippen LogP contribution >= 0.6 is 0 Å². The van der Waals surface area contributed by atoms with E-state index in [9.17, 15) is 9.59 Å². The maximum atomic E-state index is 12.8. The minimum atomic E-state index is -0.422. The second-order valence-electron chi connectivity index (χ2n) is 8.14. The molecule has 0 aliphatic heterocycles. The summed E-state index contributed by atoms with van der Waals surface area (Å²) in [6.45, 7) is 1.66. The molecule has 7 heteroatoms. The number of hydrogen-bond donors (Lipinski definition) is 2. The number of benzene rings is 3. The van der Waals surface area contributed by atoms with Crippen molar-refractivity contribution in [3.63, 3.8) is 0 Å². The zero-order valence-corrected chi connectivity index (χ0v) is 18.6. The number of rotatable bonds is 7. The normalized spacial score (nSPS) is 12.0. The Bertz CT molecular complexity index is 1490. The minimum absolute atomic E-state index is 0.187. The fourth-order valence-corrected chi connectivity index (χ4v) is 3.98. The third kappa shape index (κ3) is 4.68. The highest BCUT2D eigenvalue weighted by molar-refractivity contribution is 5.82. The number of ether oxygens (including phenoxy) is 1. The Morgan fingerprint density at radius 1 is 1.06 bits per heavy atom. The fourth-order valence-electron chi connectivity index (χ4n) is 3.98. The lowest BCUT2D eigenvalue weighted by molar-refractivity contribution is -0.123. The van der Waals surface area contributed by atoms with Crippen LogP contribution in [0.5, 0.6) is 5.75 Å². The molecule has 0 saturated carbocycles. The maximum Gasteiger partial charge on any atom is 0.336 e. The number of para-hydroxylation sites is 2. The molecule has 0 saturated heterocycles. The number of imidazole rings is 1. The van der Waals surface area contributed by atoms with Crippen LogP contribution in [0, 0.1) is 6.92 Å². The van der Waals surface area contributed by atoms with Gasteiger partial charge < -0.3 is 19.5 Å². The van der Waals surface area contributed by atoms with E-state index in [1.807, 2.05) is 67.6 Å². The summed E-state index contributed by atoms with van der Waals surface area (Å²) in [4.78, 5) is 32.5. The molecule has 0 radical (unpaired) electrons. The standard InChI is InChI=1S/C27H23N3O4/c1-17-13-26(32)34-24-15-19(11-12-20(17)24)33-16-25(31)28-23(14-18-7-3-2-4-8-18)27-29-21-9-5-6-10-22(21)30-27/h2-13,15,23H,14,16H2,1H3,(H,28,31)(H,29,30). The van der Waals surface area contributed by atoms with E-state index in [1.165, 1.54) is 6.07 Å². The van der Waals surface area contributed by atoms with Crippen LogP contribution in [0.1, 0.15) is 23.0 Å². The van der Waals surface area contributed by atoms with Crippen LogP contribution in [-0.4, -0.2) is 22.5 Å². The first kappa shape index (κ1) is 21.5. The van der Waals surface area contributed by atoms with Crippen LogP contribution in [0.2, 0.25) is 0 Å². The molecule has 170 valence electrons. The third-order valence-electron chi connectivity index (χ3n) is 5.65. The highest BCUT2D eigenvalue weighted by Crippen LogP contribution is 2.23. The van der Waals surface area contributed by atoms with Crippen LogP contribution in [0.3, 0.4) is 0 Å². The molecule has 2 N–H and O–H groups in total. The van der Waals surface area contributed by atoms with Crippen molar-refractivity contribution in [1.82, 2.24) is 15.3 Å². The van der Waals surface area contributed by atoms with Gasteiger partial charge in [0.2, 0.25) is 0 Å². The molecule has 0 aliphatic carbocycles. The maximum absolute atomic E-state index is 12.8. The van der Waals surface area contributed by atoms with Gasteiger partial charge in [0.05, 0.1) is 17.1 Å². The van der Waals surface area contributed by atoms with E-state index in [-0.39, 0.29) is 18.6 Å². The third-order valence-corrected chi connectivity index (χ3v) is 5.65. The number of H-pyrrole nitrogens is 1. The summed E-state index contributed by atoms with van der Waals surface area (Å²) >= 11 is 0. The van der Waals surface area contributed by atoms with Crippen molar-refractivity contribution in [2.45, 2.75) is 19.4 Å². The van der Waals surface area contributed by atoms with Gasteiger partial charge >= 0.3 is 5.63 Å². The topological polar surface area (TPSA) is 97.2 Å². The van der Waals surface area contributed by atoms with Crippen molar-refractivity contribution in [3.05, 3.63) is 106 Å². The SMILES string of the molecule is Cc1cc(=O)oc2cc(OCC(=O)NC(Cc3ccccc3)c3nc4ccccc4[nH]3)ccc12. The van der Waals surface area contributed by atoms with E-state index in [2.05, 4.69) is 15.3 Å². The summed E-state index contributed by atoms with van der Waals surface area (Å²) in [5.74, 6) is 0.841. The predicted molar refractivity (Wildman–Crippen MR) is 130 cm³/mol. The summed E-state index contributed by atoms with van der Waals surface area (Å²) < 4.78 is 11.0. The predicted octanol–water partition coefficient (Wildman–Crippen LogP) is 4.46. The van der Waals surface area contributed by atoms with Crippen molar-refractivity contribution < 1.29 is 13.9 Å². The smallest absolute Gasteiger partial charge is 0.336 e. The molecular formula is C27H23N3O4. The molecule has 0 spiro atoms. The van der Waals surface area contributed by atoms with E-state index in [0.29, 0.717) is 23.6 Å². The molecule has 0 fully saturated rings. The van der Waals surface area contributed by atoms with Crippen LogP contribution in [0.25, 0.3) is 22.0 Å². The van der Waals surface area contributed by atoms with E-state index in [4.69, 9.17) is 9.15 Å². The highest BCUT2D eigenvalue weighted by Gasteiger charge is 2.19. The van der Waals surface area contributed by atoms with Gasteiger partial charge in [-0.2, -0.15) is 0 Å². The van der Waals surface area contributed by atoms with Crippen LogP contribution in [0.15, 0.2) is 88.1 Å². The molecule has 2 heterocycles. The number of aromatic amines is 1. The van der Waals surface area contributed by atoms with Gasteiger partial charge in [0, 0.05) is 17.5 Å². The minimum Gasteiger partial charge on any atom is -0.484 e. The van der Waals surface area contributed by atoms with Crippen molar-refractivity contribution >= 4 is 27.9 Å². The Labute approximate surface area is 195 Å². The molecule has 0 aliphatic rings. The summed E-state index contributed by atoms with van der Waals surface area (Å²) in [6.07, 6.45) is 0.576. The average molecular weight is 453 g/mol. The molecule has 1 amide bonds. The summed E-state index contributed by atoms with van der Waals surface area (Å²) in [7, 11) is 0. The molecule has 0 bridgehead atoms. The van der Waals surface area contributed by atoms with Crippen molar-refractivity contribution in [3.8, 4) is 5.75 Å². The number of carbonyl (C=O) groups excluding carboxylic acids is 1. The van der Waals surface area contributed by atoms with E-state index < -0.39 is 5.63 Å². The Hall–Kier alpha value is -4.39. The average Bonchev–Trinajstić information content (AvgIpc) is 3.27. The van der Waals surface area contributed by atoms with Gasteiger partial charge in [-0.05, 0) is 48.7 Å². The molecule has 7 nitrogen and oxygen atoms in total. The first-order chi connectivity index (χ1) is 16.5. The van der Waals surface area contributed by atoms with Gasteiger partial charge in [0.1, 0.15) is 17.2 Å². The summed E-state index contributed by atoms with van der Waals surface area (Å²) in [6, 6.07) is 24.0. The monoisotopic (exact) mass is 453 g/mol. The Morgan fingerprint density at radius 3 is 2.68 bits per heavy atom. The second kappa shape index (κ2) is 9.23. The lowest BCUT2D eigenvalue weighted by atomic mass is 10.1. The second-order valence-corrected chi connectivity index (χ2v) is 8.14. The molecule has 3 aromatic carbocycles. The van der Waals surface area contributed by atoms with E-state index >= 15 is 0 Å². The van der Waals surface area contributed by atoms with Crippen LogP contribution < -0.4 is 15.7 Å². The van der Waals surface area contributed by atoms with Crippen molar-refractivity contribution in [2.75, 3.05) is 6.61 Å². The van der Waals surface area contributed by atoms with E-state index in [1.54, 1.807) is 12.1 Å². The molecular weight excluding hydrogens is 430 g/mol. The Kier molecular flexibility index (Phi) is 5.82. The van der Waals surface area contributed by atoms with Crippen LogP contribution in [0.4, 0.5) is 0 Å². The van der Waals surface area contributed by atoms with Crippen molar-refractivity contribution in [2.24, 2.45) is 0 Å². The zero-order valence-electron chi connectivity index (χ0n) is 18.6. The summed E-state index contributed by atoms with van der Waals surface area (Å²) in [5, 5.41) is 3.86. The molecule has 5 aromatic rings. The van der Waals surface area contributed by atoms with Gasteiger partial charge in [0.25, 0.3) is 5.91 Å². The fraction of sp³-hybridized carbons (Fsp3) is 0.148. The molecule has 1 atom stereocenters. The van der Waals surface area contributed by atoms with Gasteiger partial charge in [-0.25, -0.2) is 9.78 Å². The lowest BCUT2D eigenvalue weighted by Gasteiger charge is -2.17. The number of fused-ring (bicyclic) bond motifs is 2. The van der Waals surface area contributed by atoms with Gasteiger partial charge in [-0.15, -0.1) is 0 Å². The van der Waals surface area contributed by atoms with Crippen LogP contribution in [-0.2, 0) is 11.2 Å². The number of nitrogens with zero attached hydrogens (tertiary/aromatic N) is 1. The highest BCUT2D eigenvalue weighted by atomic mass is 16.5. The molecule has 34 heavy (non-hydrogen) atoms. The number of hydrogen-bond acceptors (Lipinski definition) is 5. The molecule has 2 aromatic heterocycles. The van der Waals surface area contributed by atoms with Gasteiger partial charge in [-0.1, -0.05) is 42.5 Å². The first-order valence-corrected chi connectivity index (χ1v) is 11.0. The lowest BCUT2D eigenvalue weighted by Crippen LogP contribution is -2.34. The first-order valence-electron chi connectivity index (χ1n) is 11.0. The number of aryl methyl sites for hydroxylation is 1. The van der Waals surface area contributed by atoms with Gasteiger partial charge in [-0.3, -0.25) is 4.79 Å². The number of carbonyl (C=O) groups is 1. The molecule has 5 rings (SSSR count). The van der Waals surface area contributed by atoms with Crippen molar-refractivity contribution in [1.29, 1.82) is 0 Å². The Morgan fingerprint density at radius 2 is 1.85 bits per heavy atom.